The number of pyridine rings is 1. The predicted molar refractivity (Wildman–Crippen MR) is 102 cm³/mol. The van der Waals surface area contributed by atoms with Crippen LogP contribution in [0.2, 0.25) is 0 Å². The minimum absolute atomic E-state index is 0.0207. The number of benzene rings is 1. The molecule has 1 unspecified atom stereocenters. The second kappa shape index (κ2) is 8.41. The van der Waals surface area contributed by atoms with Crippen molar-refractivity contribution in [2.75, 3.05) is 0 Å². The Morgan fingerprint density at radius 3 is 2.64 bits per heavy atom. The standard InChI is InChI=1S/C22H23N3O3/c23-12-15-5-10-21(24-13-15)28-19-8-6-18(7-9-19)25-22(26)20-11-16-3-1-2-4-17(16)14-27-20/h1-5,10,13,18-20H,6-9,11,14H2,(H,25,26). The number of nitriles is 1. The first-order valence-electron chi connectivity index (χ1n) is 9.73. The van der Waals surface area contributed by atoms with E-state index in [1.807, 2.05) is 24.3 Å². The van der Waals surface area contributed by atoms with Gasteiger partial charge in [-0.15, -0.1) is 0 Å². The number of amides is 1. The Morgan fingerprint density at radius 2 is 1.93 bits per heavy atom. The Hall–Kier alpha value is -2.91. The van der Waals surface area contributed by atoms with Gasteiger partial charge in [0.05, 0.1) is 12.2 Å². The van der Waals surface area contributed by atoms with Gasteiger partial charge in [0.25, 0.3) is 0 Å². The Balaban J connectivity index is 1.24. The van der Waals surface area contributed by atoms with Gasteiger partial charge in [-0.1, -0.05) is 24.3 Å². The summed E-state index contributed by atoms with van der Waals surface area (Å²) in [5.41, 5.74) is 2.88. The number of hydrogen-bond acceptors (Lipinski definition) is 5. The van der Waals surface area contributed by atoms with E-state index in [1.54, 1.807) is 12.1 Å². The molecular weight excluding hydrogens is 354 g/mol. The van der Waals surface area contributed by atoms with E-state index in [9.17, 15) is 4.79 Å². The van der Waals surface area contributed by atoms with Crippen LogP contribution < -0.4 is 10.1 Å². The van der Waals surface area contributed by atoms with Crippen LogP contribution in [-0.4, -0.2) is 29.1 Å². The maximum atomic E-state index is 12.6. The van der Waals surface area contributed by atoms with Gasteiger partial charge in [-0.3, -0.25) is 4.79 Å². The highest BCUT2D eigenvalue weighted by Crippen LogP contribution is 2.24. The number of aromatic nitrogens is 1. The minimum Gasteiger partial charge on any atom is -0.474 e. The van der Waals surface area contributed by atoms with Gasteiger partial charge >= 0.3 is 0 Å². The van der Waals surface area contributed by atoms with Crippen LogP contribution in [0.25, 0.3) is 0 Å². The van der Waals surface area contributed by atoms with Gasteiger partial charge in [0.2, 0.25) is 11.8 Å². The fourth-order valence-electron chi connectivity index (χ4n) is 3.82. The summed E-state index contributed by atoms with van der Waals surface area (Å²) >= 11 is 0. The maximum Gasteiger partial charge on any atom is 0.249 e. The third-order valence-electron chi connectivity index (χ3n) is 5.43. The molecule has 1 N–H and O–H groups in total. The van der Waals surface area contributed by atoms with E-state index < -0.39 is 6.10 Å². The lowest BCUT2D eigenvalue weighted by Gasteiger charge is -2.31. The summed E-state index contributed by atoms with van der Waals surface area (Å²) < 4.78 is 11.7. The molecule has 6 nitrogen and oxygen atoms in total. The Morgan fingerprint density at radius 1 is 1.14 bits per heavy atom. The molecule has 1 amide bonds. The van der Waals surface area contributed by atoms with Gasteiger partial charge in [-0.05, 0) is 42.9 Å². The average Bonchev–Trinajstić information content (AvgIpc) is 2.75. The predicted octanol–water partition coefficient (Wildman–Crippen LogP) is 2.90. The summed E-state index contributed by atoms with van der Waals surface area (Å²) in [6.45, 7) is 0.492. The number of carbonyl (C=O) groups excluding carboxylic acids is 1. The Kier molecular flexibility index (Phi) is 5.54. The molecule has 1 aromatic carbocycles. The van der Waals surface area contributed by atoms with E-state index in [4.69, 9.17) is 14.7 Å². The molecule has 0 bridgehead atoms. The van der Waals surface area contributed by atoms with Gasteiger partial charge in [-0.2, -0.15) is 5.26 Å². The summed E-state index contributed by atoms with van der Waals surface area (Å²) in [5.74, 6) is 0.522. The first-order valence-corrected chi connectivity index (χ1v) is 9.73. The molecule has 1 fully saturated rings. The molecule has 144 valence electrons. The summed E-state index contributed by atoms with van der Waals surface area (Å²) in [6, 6.07) is 13.7. The molecule has 6 heteroatoms. The normalized spacial score (nSPS) is 23.9. The minimum atomic E-state index is -0.410. The number of ether oxygens (including phenoxy) is 2. The number of rotatable bonds is 4. The molecule has 1 saturated carbocycles. The highest BCUT2D eigenvalue weighted by molar-refractivity contribution is 5.81. The molecule has 2 aliphatic rings. The monoisotopic (exact) mass is 377 g/mol. The molecule has 0 spiro atoms. The van der Waals surface area contributed by atoms with Crippen molar-refractivity contribution >= 4 is 5.91 Å². The van der Waals surface area contributed by atoms with Crippen LogP contribution in [0.15, 0.2) is 42.6 Å². The first kappa shape index (κ1) is 18.5. The molecule has 2 aromatic rings. The largest absolute Gasteiger partial charge is 0.474 e. The van der Waals surface area contributed by atoms with E-state index in [0.29, 0.717) is 24.5 Å². The van der Waals surface area contributed by atoms with Crippen LogP contribution in [0.1, 0.15) is 42.4 Å². The lowest BCUT2D eigenvalue weighted by atomic mass is 9.92. The second-order valence-corrected chi connectivity index (χ2v) is 7.37. The zero-order chi connectivity index (χ0) is 19.3. The van der Waals surface area contributed by atoms with Gasteiger partial charge in [0, 0.05) is 24.7 Å². The van der Waals surface area contributed by atoms with Crippen LogP contribution in [0, 0.1) is 11.3 Å². The number of carbonyl (C=O) groups is 1. The van der Waals surface area contributed by atoms with Crippen molar-refractivity contribution in [3.63, 3.8) is 0 Å². The van der Waals surface area contributed by atoms with Crippen molar-refractivity contribution in [1.82, 2.24) is 10.3 Å². The topological polar surface area (TPSA) is 84.2 Å². The lowest BCUT2D eigenvalue weighted by Crippen LogP contribution is -2.46. The first-order chi connectivity index (χ1) is 13.7. The third-order valence-corrected chi connectivity index (χ3v) is 5.43. The molecule has 0 radical (unpaired) electrons. The Labute approximate surface area is 164 Å². The fraction of sp³-hybridized carbons (Fsp3) is 0.409. The van der Waals surface area contributed by atoms with Gasteiger partial charge in [0.15, 0.2) is 0 Å². The van der Waals surface area contributed by atoms with Crippen molar-refractivity contribution in [3.8, 4) is 11.9 Å². The van der Waals surface area contributed by atoms with Crippen LogP contribution in [0.5, 0.6) is 5.88 Å². The second-order valence-electron chi connectivity index (χ2n) is 7.37. The van der Waals surface area contributed by atoms with Crippen molar-refractivity contribution in [1.29, 1.82) is 5.26 Å². The van der Waals surface area contributed by atoms with Crippen molar-refractivity contribution in [3.05, 3.63) is 59.3 Å². The molecule has 4 rings (SSSR count). The average molecular weight is 377 g/mol. The summed E-state index contributed by atoms with van der Waals surface area (Å²) in [6.07, 6.45) is 5.29. The maximum absolute atomic E-state index is 12.6. The Bertz CT molecular complexity index is 867. The van der Waals surface area contributed by atoms with E-state index in [0.717, 1.165) is 25.7 Å². The van der Waals surface area contributed by atoms with Gasteiger partial charge in [0.1, 0.15) is 18.3 Å². The molecule has 2 heterocycles. The SMILES string of the molecule is N#Cc1ccc(OC2CCC(NC(=O)C3Cc4ccccc4CO3)CC2)nc1. The van der Waals surface area contributed by atoms with Crippen LogP contribution in [0.3, 0.4) is 0 Å². The zero-order valence-corrected chi connectivity index (χ0v) is 15.6. The number of fused-ring (bicyclic) bond motifs is 1. The van der Waals surface area contributed by atoms with Crippen molar-refractivity contribution < 1.29 is 14.3 Å². The summed E-state index contributed by atoms with van der Waals surface area (Å²) in [5, 5.41) is 12.0. The molecule has 28 heavy (non-hydrogen) atoms. The summed E-state index contributed by atoms with van der Waals surface area (Å²) in [7, 11) is 0. The van der Waals surface area contributed by atoms with Crippen molar-refractivity contribution in [2.45, 2.75) is 57.0 Å². The van der Waals surface area contributed by atoms with E-state index in [-0.39, 0.29) is 18.1 Å². The highest BCUT2D eigenvalue weighted by atomic mass is 16.5. The zero-order valence-electron chi connectivity index (χ0n) is 15.6. The third kappa shape index (κ3) is 4.32. The number of nitrogens with one attached hydrogen (secondary N) is 1. The van der Waals surface area contributed by atoms with Crippen LogP contribution in [0.4, 0.5) is 0 Å². The quantitative estimate of drug-likeness (QED) is 0.886. The summed E-state index contributed by atoms with van der Waals surface area (Å²) in [4.78, 5) is 16.8. The number of hydrogen-bond donors (Lipinski definition) is 1. The molecule has 1 aliphatic heterocycles. The molecule has 1 aromatic heterocycles. The fourth-order valence-corrected chi connectivity index (χ4v) is 3.82. The van der Waals surface area contributed by atoms with Gasteiger partial charge in [-0.25, -0.2) is 4.98 Å². The molecule has 1 aliphatic carbocycles. The smallest absolute Gasteiger partial charge is 0.249 e. The lowest BCUT2D eigenvalue weighted by molar-refractivity contribution is -0.135. The molecule has 1 atom stereocenters. The highest BCUT2D eigenvalue weighted by Gasteiger charge is 2.29. The van der Waals surface area contributed by atoms with Gasteiger partial charge < -0.3 is 14.8 Å². The van der Waals surface area contributed by atoms with Crippen molar-refractivity contribution in [2.24, 2.45) is 0 Å². The van der Waals surface area contributed by atoms with Crippen LogP contribution in [-0.2, 0) is 22.6 Å². The number of nitrogens with zero attached hydrogens (tertiary/aromatic N) is 2. The van der Waals surface area contributed by atoms with E-state index in [1.165, 1.54) is 17.3 Å². The molecular formula is C22H23N3O3. The van der Waals surface area contributed by atoms with E-state index >= 15 is 0 Å². The molecule has 0 saturated heterocycles. The van der Waals surface area contributed by atoms with Crippen LogP contribution >= 0.6 is 0 Å². The van der Waals surface area contributed by atoms with E-state index in [2.05, 4.69) is 16.4 Å².